The molecule has 0 aliphatic rings. The second kappa shape index (κ2) is 7.10. The van der Waals surface area contributed by atoms with Crippen molar-refractivity contribution in [3.8, 4) is 17.5 Å². The molecule has 134 valence electrons. The maximum Gasteiger partial charge on any atom is 0.270 e. The zero-order chi connectivity index (χ0) is 19.6. The quantitative estimate of drug-likeness (QED) is 0.622. The van der Waals surface area contributed by atoms with Crippen LogP contribution in [0.2, 0.25) is 0 Å². The van der Waals surface area contributed by atoms with Gasteiger partial charge in [0.15, 0.2) is 11.3 Å². The highest BCUT2D eigenvalue weighted by molar-refractivity contribution is 5.86. The Morgan fingerprint density at radius 3 is 2.67 bits per heavy atom. The smallest absolute Gasteiger partial charge is 0.270 e. The number of pyridine rings is 1. The topological polar surface area (TPSA) is 108 Å². The van der Waals surface area contributed by atoms with Crippen LogP contribution < -0.4 is 11.3 Å². The van der Waals surface area contributed by atoms with Gasteiger partial charge in [-0.15, -0.1) is 0 Å². The number of nitrogens with two attached hydrogens (primary N) is 1. The Morgan fingerprint density at radius 1 is 1.33 bits per heavy atom. The summed E-state index contributed by atoms with van der Waals surface area (Å²) in [6.07, 6.45) is 7.10. The van der Waals surface area contributed by atoms with Gasteiger partial charge < -0.3 is 20.4 Å². The summed E-state index contributed by atoms with van der Waals surface area (Å²) in [5, 5.41) is 19.5. The fourth-order valence-electron chi connectivity index (χ4n) is 2.84. The molecule has 0 fully saturated rings. The van der Waals surface area contributed by atoms with Crippen molar-refractivity contribution in [2.75, 3.05) is 0 Å². The molecule has 4 N–H and O–H groups in total. The Balaban J connectivity index is 2.09. The number of H-pyrrole nitrogens is 1. The number of allylic oxidation sites excluding steroid dienone is 4. The minimum Gasteiger partial charge on any atom is -0.504 e. The van der Waals surface area contributed by atoms with Gasteiger partial charge in [0.25, 0.3) is 5.56 Å². The molecule has 2 heterocycles. The van der Waals surface area contributed by atoms with Gasteiger partial charge in [-0.2, -0.15) is 5.26 Å². The summed E-state index contributed by atoms with van der Waals surface area (Å²) in [5.41, 5.74) is 9.27. The fraction of sp³-hybridized carbons (Fsp3) is 0.0476. The molecule has 3 aromatic rings. The predicted molar refractivity (Wildman–Crippen MR) is 106 cm³/mol. The summed E-state index contributed by atoms with van der Waals surface area (Å²) in [4.78, 5) is 14.4. The molecule has 0 bridgehead atoms. The summed E-state index contributed by atoms with van der Waals surface area (Å²) in [7, 11) is 0. The van der Waals surface area contributed by atoms with Gasteiger partial charge in [-0.3, -0.25) is 4.79 Å². The van der Waals surface area contributed by atoms with Gasteiger partial charge in [-0.05, 0) is 36.3 Å². The molecule has 0 aliphatic heterocycles. The molecule has 6 heteroatoms. The van der Waals surface area contributed by atoms with E-state index < -0.39 is 5.56 Å². The van der Waals surface area contributed by atoms with Gasteiger partial charge >= 0.3 is 0 Å². The van der Waals surface area contributed by atoms with Gasteiger partial charge in [0.1, 0.15) is 11.6 Å². The number of aromatic hydroxyl groups is 1. The van der Waals surface area contributed by atoms with Gasteiger partial charge in [0.2, 0.25) is 0 Å². The van der Waals surface area contributed by atoms with Gasteiger partial charge in [0.05, 0.1) is 5.52 Å². The van der Waals surface area contributed by atoms with Crippen LogP contribution in [0, 0.1) is 11.3 Å². The summed E-state index contributed by atoms with van der Waals surface area (Å²) in [6, 6.07) is 10.8. The molecule has 27 heavy (non-hydrogen) atoms. The standard InChI is InChI=1S/C21H18N4O2/c1-3-4-5-13(2)18(23)14-6-8-15(9-7-14)25-11-10-17-19(25)20(26)16(12-22)21(27)24-17/h3-11H,1,23H2,2H3,(H2,24,26,27)/b5-4-,18-13-. The van der Waals surface area contributed by atoms with Crippen LogP contribution in [0.5, 0.6) is 5.75 Å². The molecule has 0 spiro atoms. The summed E-state index contributed by atoms with van der Waals surface area (Å²) < 4.78 is 1.70. The van der Waals surface area contributed by atoms with Crippen molar-refractivity contribution in [2.24, 2.45) is 5.73 Å². The molecule has 0 amide bonds. The Labute approximate surface area is 155 Å². The molecule has 6 nitrogen and oxygen atoms in total. The number of rotatable bonds is 4. The molecule has 0 atom stereocenters. The maximum absolute atomic E-state index is 11.8. The number of hydrogen-bond acceptors (Lipinski definition) is 4. The van der Waals surface area contributed by atoms with E-state index in [1.807, 2.05) is 43.3 Å². The van der Waals surface area contributed by atoms with Gasteiger partial charge in [-0.25, -0.2) is 0 Å². The van der Waals surface area contributed by atoms with Crippen LogP contribution in [-0.2, 0) is 0 Å². The minimum absolute atomic E-state index is 0.309. The first-order valence-electron chi connectivity index (χ1n) is 8.20. The van der Waals surface area contributed by atoms with Crippen LogP contribution in [0.25, 0.3) is 22.4 Å². The lowest BCUT2D eigenvalue weighted by Crippen LogP contribution is -2.10. The van der Waals surface area contributed by atoms with E-state index in [0.717, 1.165) is 16.8 Å². The third-order valence-corrected chi connectivity index (χ3v) is 4.30. The predicted octanol–water partition coefficient (Wildman–Crippen LogP) is 3.33. The van der Waals surface area contributed by atoms with Crippen molar-refractivity contribution in [3.63, 3.8) is 0 Å². The number of benzene rings is 1. The number of nitriles is 1. The highest BCUT2D eigenvalue weighted by Crippen LogP contribution is 2.28. The van der Waals surface area contributed by atoms with Crippen molar-refractivity contribution in [1.82, 2.24) is 9.55 Å². The molecule has 0 radical (unpaired) electrons. The molecule has 0 aliphatic carbocycles. The molecule has 1 aromatic carbocycles. The fourth-order valence-corrected chi connectivity index (χ4v) is 2.84. The molecule has 0 unspecified atom stereocenters. The Morgan fingerprint density at radius 2 is 2.04 bits per heavy atom. The minimum atomic E-state index is -0.614. The second-order valence-electron chi connectivity index (χ2n) is 5.98. The number of aromatic amines is 1. The Hall–Kier alpha value is -3.98. The lowest BCUT2D eigenvalue weighted by Gasteiger charge is -2.10. The second-order valence-corrected chi connectivity index (χ2v) is 5.98. The van der Waals surface area contributed by atoms with Crippen molar-refractivity contribution in [1.29, 1.82) is 5.26 Å². The van der Waals surface area contributed by atoms with Crippen molar-refractivity contribution < 1.29 is 5.11 Å². The highest BCUT2D eigenvalue weighted by Gasteiger charge is 2.15. The van der Waals surface area contributed by atoms with Crippen molar-refractivity contribution in [2.45, 2.75) is 6.92 Å². The van der Waals surface area contributed by atoms with E-state index in [1.54, 1.807) is 29.0 Å². The van der Waals surface area contributed by atoms with Crippen LogP contribution in [0.4, 0.5) is 0 Å². The van der Waals surface area contributed by atoms with E-state index in [-0.39, 0.29) is 11.3 Å². The average Bonchev–Trinajstić information content (AvgIpc) is 3.09. The van der Waals surface area contributed by atoms with E-state index >= 15 is 0 Å². The number of aromatic nitrogens is 2. The largest absolute Gasteiger partial charge is 0.504 e. The van der Waals surface area contributed by atoms with Gasteiger partial charge in [-0.1, -0.05) is 36.9 Å². The first kappa shape index (κ1) is 17.8. The number of hydrogen-bond donors (Lipinski definition) is 3. The molecule has 3 rings (SSSR count). The van der Waals surface area contributed by atoms with E-state index in [4.69, 9.17) is 11.0 Å². The van der Waals surface area contributed by atoms with E-state index in [0.29, 0.717) is 16.7 Å². The Bertz CT molecular complexity index is 1190. The van der Waals surface area contributed by atoms with Crippen LogP contribution >= 0.6 is 0 Å². The zero-order valence-corrected chi connectivity index (χ0v) is 14.7. The lowest BCUT2D eigenvalue weighted by molar-refractivity contribution is 0.476. The summed E-state index contributed by atoms with van der Waals surface area (Å²) in [6.45, 7) is 5.56. The molecule has 0 saturated heterocycles. The van der Waals surface area contributed by atoms with E-state index in [9.17, 15) is 9.90 Å². The van der Waals surface area contributed by atoms with E-state index in [1.165, 1.54) is 0 Å². The van der Waals surface area contributed by atoms with Crippen molar-refractivity contribution >= 4 is 16.7 Å². The van der Waals surface area contributed by atoms with Crippen LogP contribution in [0.3, 0.4) is 0 Å². The third-order valence-electron chi connectivity index (χ3n) is 4.30. The first-order chi connectivity index (χ1) is 13.0. The number of nitrogens with zero attached hydrogens (tertiary/aromatic N) is 2. The zero-order valence-electron chi connectivity index (χ0n) is 14.7. The molecular weight excluding hydrogens is 340 g/mol. The third kappa shape index (κ3) is 3.14. The Kier molecular flexibility index (Phi) is 4.69. The monoisotopic (exact) mass is 358 g/mol. The van der Waals surface area contributed by atoms with Crippen LogP contribution in [-0.4, -0.2) is 14.7 Å². The van der Waals surface area contributed by atoms with Crippen LogP contribution in [0.1, 0.15) is 18.1 Å². The average molecular weight is 358 g/mol. The first-order valence-corrected chi connectivity index (χ1v) is 8.20. The molecular formula is C21H18N4O2. The normalized spacial score (nSPS) is 12.1. The highest BCUT2D eigenvalue weighted by atomic mass is 16.3. The molecule has 0 saturated carbocycles. The molecule has 2 aromatic heterocycles. The number of nitrogens with one attached hydrogen (secondary N) is 1. The maximum atomic E-state index is 11.8. The summed E-state index contributed by atoms with van der Waals surface area (Å²) in [5.74, 6) is -0.338. The van der Waals surface area contributed by atoms with Crippen LogP contribution in [0.15, 0.2) is 71.7 Å². The van der Waals surface area contributed by atoms with Gasteiger partial charge in [0, 0.05) is 17.6 Å². The van der Waals surface area contributed by atoms with E-state index in [2.05, 4.69) is 11.6 Å². The summed E-state index contributed by atoms with van der Waals surface area (Å²) >= 11 is 0. The van der Waals surface area contributed by atoms with Crippen molar-refractivity contribution in [3.05, 3.63) is 88.4 Å². The lowest BCUT2D eigenvalue weighted by atomic mass is 10.1. The number of fused-ring (bicyclic) bond motifs is 1. The SMILES string of the molecule is C=C/C=C\C(C)=C(/N)c1ccc(-n2ccc3[nH]c(=O)c(C#N)c(O)c32)cc1.